The van der Waals surface area contributed by atoms with Crippen molar-refractivity contribution < 1.29 is 9.59 Å². The Morgan fingerprint density at radius 2 is 1.08 bits per heavy atom. The van der Waals surface area contributed by atoms with Gasteiger partial charge in [-0.3, -0.25) is 9.59 Å². The van der Waals surface area contributed by atoms with Gasteiger partial charge in [0.2, 0.25) is 0 Å². The SMILES string of the molecule is CC/C=C(\NC)C(c1ccc(C(/C(=C/CC)NC)c2[nH]c(C)c(C(C)=O)c2C)[nH]1)c1[nH]c(C)c(C(C)=O)c1C. The summed E-state index contributed by atoms with van der Waals surface area (Å²) in [6.07, 6.45) is 6.14. The van der Waals surface area contributed by atoms with Crippen LogP contribution in [0.2, 0.25) is 0 Å². The van der Waals surface area contributed by atoms with Gasteiger partial charge in [-0.15, -0.1) is 0 Å². The number of nitrogens with one attached hydrogen (secondary N) is 5. The van der Waals surface area contributed by atoms with E-state index < -0.39 is 0 Å². The first-order chi connectivity index (χ1) is 18.5. The highest BCUT2D eigenvalue weighted by Gasteiger charge is 2.30. The lowest BCUT2D eigenvalue weighted by atomic mass is 9.92. The predicted molar refractivity (Wildman–Crippen MR) is 160 cm³/mol. The molecule has 0 aliphatic carbocycles. The van der Waals surface area contributed by atoms with E-state index in [2.05, 4.69) is 63.7 Å². The molecule has 5 N–H and O–H groups in total. The second-order valence-corrected chi connectivity index (χ2v) is 10.3. The van der Waals surface area contributed by atoms with Crippen molar-refractivity contribution in [3.8, 4) is 0 Å². The Hall–Kier alpha value is -3.74. The molecule has 0 saturated carbocycles. The molecule has 0 spiro atoms. The summed E-state index contributed by atoms with van der Waals surface area (Å²) in [4.78, 5) is 35.7. The highest BCUT2D eigenvalue weighted by molar-refractivity contribution is 5.97. The van der Waals surface area contributed by atoms with Crippen LogP contribution in [0.4, 0.5) is 0 Å². The number of carbonyl (C=O) groups is 2. The molecule has 3 rings (SSSR count). The number of aromatic amines is 3. The third kappa shape index (κ3) is 5.68. The number of hydrogen-bond acceptors (Lipinski definition) is 4. The van der Waals surface area contributed by atoms with Crippen LogP contribution < -0.4 is 10.6 Å². The molecule has 0 radical (unpaired) electrons. The van der Waals surface area contributed by atoms with E-state index in [4.69, 9.17) is 0 Å². The summed E-state index contributed by atoms with van der Waals surface area (Å²) >= 11 is 0. The number of likely N-dealkylation sites (N-methyl/N-ethyl adjacent to an activating group) is 2. The summed E-state index contributed by atoms with van der Waals surface area (Å²) in [6.45, 7) is 15.4. The molecule has 0 aliphatic rings. The molecule has 3 heterocycles. The average Bonchev–Trinajstić information content (AvgIpc) is 3.54. The van der Waals surface area contributed by atoms with Crippen molar-refractivity contribution in [1.82, 2.24) is 25.6 Å². The van der Waals surface area contributed by atoms with Crippen molar-refractivity contribution in [2.24, 2.45) is 0 Å². The Balaban J connectivity index is 2.27. The van der Waals surface area contributed by atoms with Crippen molar-refractivity contribution in [1.29, 1.82) is 0 Å². The van der Waals surface area contributed by atoms with Gasteiger partial charge in [-0.25, -0.2) is 0 Å². The fourth-order valence-electron chi connectivity index (χ4n) is 6.07. The Bertz CT molecular complexity index is 1310. The molecule has 2 atom stereocenters. The molecule has 0 amide bonds. The third-order valence-corrected chi connectivity index (χ3v) is 7.63. The average molecular weight is 532 g/mol. The molecule has 2 unspecified atom stereocenters. The summed E-state index contributed by atoms with van der Waals surface area (Å²) < 4.78 is 0. The van der Waals surface area contributed by atoms with Crippen LogP contribution in [0.3, 0.4) is 0 Å². The van der Waals surface area contributed by atoms with Crippen LogP contribution in [0.1, 0.15) is 118 Å². The summed E-state index contributed by atoms with van der Waals surface area (Å²) in [6, 6.07) is 4.26. The molecular formula is C32H45N5O2. The van der Waals surface area contributed by atoms with Crippen LogP contribution in [0, 0.1) is 27.7 Å². The lowest BCUT2D eigenvalue weighted by Crippen LogP contribution is -2.19. The monoisotopic (exact) mass is 531 g/mol. The molecule has 7 nitrogen and oxygen atoms in total. The lowest BCUT2D eigenvalue weighted by molar-refractivity contribution is 0.100. The van der Waals surface area contributed by atoms with E-state index in [0.717, 1.165) is 80.7 Å². The Kier molecular flexibility index (Phi) is 9.49. The Morgan fingerprint density at radius 1 is 0.718 bits per heavy atom. The number of allylic oxidation sites excluding steroid dienone is 4. The first-order valence-electron chi connectivity index (χ1n) is 13.9. The highest BCUT2D eigenvalue weighted by atomic mass is 16.1. The van der Waals surface area contributed by atoms with E-state index in [-0.39, 0.29) is 23.4 Å². The van der Waals surface area contributed by atoms with Crippen molar-refractivity contribution in [2.75, 3.05) is 14.1 Å². The maximum absolute atomic E-state index is 12.5. The van der Waals surface area contributed by atoms with Crippen LogP contribution in [0.25, 0.3) is 0 Å². The first kappa shape index (κ1) is 29.8. The van der Waals surface area contributed by atoms with E-state index >= 15 is 0 Å². The van der Waals surface area contributed by atoms with Crippen LogP contribution in [0.5, 0.6) is 0 Å². The van der Waals surface area contributed by atoms with Gasteiger partial charge in [-0.2, -0.15) is 0 Å². The molecular weight excluding hydrogens is 486 g/mol. The van der Waals surface area contributed by atoms with Crippen LogP contribution in [-0.2, 0) is 0 Å². The first-order valence-corrected chi connectivity index (χ1v) is 13.9. The standard InChI is InChI=1S/C32H45N5O2/c1-11-13-23(33-9)29(31-17(3)27(21(7)38)19(5)35-31)25-15-16-26(37-25)30(24(34-10)14-12-2)32-18(4)28(22(8)39)20(6)36-32/h13-16,29-30,33-37H,11-12H2,1-10H3/b23-13-,24-14-. The molecule has 3 aromatic rings. The van der Waals surface area contributed by atoms with Gasteiger partial charge >= 0.3 is 0 Å². The predicted octanol–water partition coefficient (Wildman–Crippen LogP) is 6.60. The minimum absolute atomic E-state index is 0.0613. The minimum atomic E-state index is -0.136. The van der Waals surface area contributed by atoms with Crippen molar-refractivity contribution >= 4 is 11.6 Å². The summed E-state index contributed by atoms with van der Waals surface area (Å²) in [5.74, 6) is -0.149. The van der Waals surface area contributed by atoms with E-state index in [0.29, 0.717) is 0 Å². The zero-order valence-electron chi connectivity index (χ0n) is 25.2. The summed E-state index contributed by atoms with van der Waals surface area (Å²) in [5.41, 5.74) is 11.4. The maximum atomic E-state index is 12.5. The van der Waals surface area contributed by atoms with Gasteiger partial charge in [0.15, 0.2) is 11.6 Å². The van der Waals surface area contributed by atoms with E-state index in [1.54, 1.807) is 13.8 Å². The number of rotatable bonds is 12. The normalized spacial score (nSPS) is 13.9. The Labute approximate surface area is 233 Å². The third-order valence-electron chi connectivity index (χ3n) is 7.63. The number of aromatic nitrogens is 3. The van der Waals surface area contributed by atoms with E-state index in [1.807, 2.05) is 41.8 Å². The van der Waals surface area contributed by atoms with E-state index in [1.165, 1.54) is 0 Å². The second-order valence-electron chi connectivity index (χ2n) is 10.3. The molecule has 0 fully saturated rings. The molecule has 0 aromatic carbocycles. The van der Waals surface area contributed by atoms with Crippen LogP contribution in [0.15, 0.2) is 35.7 Å². The maximum Gasteiger partial charge on any atom is 0.161 e. The zero-order chi connectivity index (χ0) is 29.0. The largest absolute Gasteiger partial charge is 0.391 e. The van der Waals surface area contributed by atoms with Gasteiger partial charge in [0.25, 0.3) is 0 Å². The molecule has 39 heavy (non-hydrogen) atoms. The number of Topliss-reactive ketones (excluding diaryl/α,β-unsaturated/α-hetero) is 2. The fraction of sp³-hybridized carbons (Fsp3) is 0.438. The van der Waals surface area contributed by atoms with Gasteiger partial charge in [-0.1, -0.05) is 26.0 Å². The number of H-pyrrole nitrogens is 3. The summed E-state index contributed by atoms with van der Waals surface area (Å²) in [7, 11) is 3.88. The topological polar surface area (TPSA) is 106 Å². The summed E-state index contributed by atoms with van der Waals surface area (Å²) in [5, 5.41) is 6.82. The quantitative estimate of drug-likeness (QED) is 0.170. The number of carbonyl (C=O) groups excluding carboxylic acids is 2. The van der Waals surface area contributed by atoms with Gasteiger partial charge in [0, 0.05) is 70.8 Å². The fourth-order valence-corrected chi connectivity index (χ4v) is 6.07. The highest BCUT2D eigenvalue weighted by Crippen LogP contribution is 2.38. The molecule has 7 heteroatoms. The number of aryl methyl sites for hydroxylation is 2. The molecule has 0 saturated heterocycles. The molecule has 0 aliphatic heterocycles. The Morgan fingerprint density at radius 3 is 1.33 bits per heavy atom. The minimum Gasteiger partial charge on any atom is -0.391 e. The lowest BCUT2D eigenvalue weighted by Gasteiger charge is -2.22. The molecule has 3 aromatic heterocycles. The van der Waals surface area contributed by atoms with Crippen LogP contribution in [-0.4, -0.2) is 40.6 Å². The number of ketones is 2. The van der Waals surface area contributed by atoms with Gasteiger partial charge in [-0.05, 0) is 77.6 Å². The molecule has 0 bridgehead atoms. The van der Waals surface area contributed by atoms with E-state index in [9.17, 15) is 9.59 Å². The van der Waals surface area contributed by atoms with Crippen LogP contribution >= 0.6 is 0 Å². The number of hydrogen-bond donors (Lipinski definition) is 5. The zero-order valence-corrected chi connectivity index (χ0v) is 25.2. The van der Waals surface area contributed by atoms with Gasteiger partial charge < -0.3 is 25.6 Å². The van der Waals surface area contributed by atoms with Crippen molar-refractivity contribution in [3.05, 3.63) is 92.1 Å². The second kappa shape index (κ2) is 12.4. The van der Waals surface area contributed by atoms with Gasteiger partial charge in [0.05, 0.1) is 11.8 Å². The van der Waals surface area contributed by atoms with Gasteiger partial charge in [0.1, 0.15) is 0 Å². The molecule has 210 valence electrons. The van der Waals surface area contributed by atoms with Crippen molar-refractivity contribution in [3.63, 3.8) is 0 Å². The smallest absolute Gasteiger partial charge is 0.161 e. The van der Waals surface area contributed by atoms with Crippen molar-refractivity contribution in [2.45, 2.75) is 80.1 Å².